The third-order valence-electron chi connectivity index (χ3n) is 4.73. The van der Waals surface area contributed by atoms with E-state index in [1.807, 2.05) is 43.0 Å². The maximum atomic E-state index is 12.9. The highest BCUT2D eigenvalue weighted by Crippen LogP contribution is 2.23. The molecule has 1 fully saturated rings. The summed E-state index contributed by atoms with van der Waals surface area (Å²) < 4.78 is 0. The van der Waals surface area contributed by atoms with E-state index in [4.69, 9.17) is 0 Å². The number of hydrogen-bond donors (Lipinski definition) is 1. The van der Waals surface area contributed by atoms with Gasteiger partial charge in [0.05, 0.1) is 5.69 Å². The molecule has 0 saturated carbocycles. The molecule has 140 valence electrons. The van der Waals surface area contributed by atoms with Crippen LogP contribution in [0.5, 0.6) is 0 Å². The van der Waals surface area contributed by atoms with E-state index in [0.29, 0.717) is 24.3 Å². The molecule has 1 N–H and O–H groups in total. The number of nitrogens with one attached hydrogen (secondary N) is 1. The molecule has 1 aliphatic heterocycles. The Hall–Kier alpha value is -2.95. The van der Waals surface area contributed by atoms with Gasteiger partial charge in [0, 0.05) is 37.0 Å². The Balaban J connectivity index is 1.65. The van der Waals surface area contributed by atoms with E-state index in [0.717, 1.165) is 29.8 Å². The van der Waals surface area contributed by atoms with Gasteiger partial charge >= 0.3 is 0 Å². The van der Waals surface area contributed by atoms with Crippen molar-refractivity contribution in [2.24, 2.45) is 0 Å². The fourth-order valence-corrected chi connectivity index (χ4v) is 3.35. The Bertz CT molecular complexity index is 892. The standard InChI is InChI=1S/C22H25N3O2/c1-15-13-20(24-17(3)26)7-8-21(15)22(27)25-11-9-18(10-12-25)14-19-6-4-5-16(2)23-19/h4-8,13-14H,9-12H2,1-3H3,(H,24,26). The lowest BCUT2D eigenvalue weighted by Gasteiger charge is -2.29. The molecular weight excluding hydrogens is 338 g/mol. The summed E-state index contributed by atoms with van der Waals surface area (Å²) in [6.45, 7) is 6.78. The highest BCUT2D eigenvalue weighted by Gasteiger charge is 2.21. The molecule has 0 bridgehead atoms. The molecule has 0 spiro atoms. The first-order valence-electron chi connectivity index (χ1n) is 9.23. The molecule has 0 aliphatic carbocycles. The minimum Gasteiger partial charge on any atom is -0.338 e. The zero-order chi connectivity index (χ0) is 19.4. The molecule has 0 unspecified atom stereocenters. The van der Waals surface area contributed by atoms with Gasteiger partial charge in [-0.2, -0.15) is 0 Å². The van der Waals surface area contributed by atoms with E-state index in [1.54, 1.807) is 12.1 Å². The van der Waals surface area contributed by atoms with E-state index < -0.39 is 0 Å². The SMILES string of the molecule is CC(=O)Nc1ccc(C(=O)N2CCC(=Cc3cccc(C)n3)CC2)c(C)c1. The number of anilines is 1. The Kier molecular flexibility index (Phi) is 5.69. The number of aromatic nitrogens is 1. The summed E-state index contributed by atoms with van der Waals surface area (Å²) in [5, 5.41) is 2.75. The molecule has 2 amide bonds. The van der Waals surface area contributed by atoms with Crippen LogP contribution in [0.3, 0.4) is 0 Å². The van der Waals surface area contributed by atoms with Gasteiger partial charge in [0.25, 0.3) is 5.91 Å². The van der Waals surface area contributed by atoms with Gasteiger partial charge in [0.1, 0.15) is 0 Å². The van der Waals surface area contributed by atoms with Crippen molar-refractivity contribution in [3.8, 4) is 0 Å². The molecule has 3 rings (SSSR count). The number of aryl methyl sites for hydroxylation is 2. The number of likely N-dealkylation sites (tertiary alicyclic amines) is 1. The second-order valence-corrected chi connectivity index (χ2v) is 7.01. The lowest BCUT2D eigenvalue weighted by Crippen LogP contribution is -2.36. The predicted molar refractivity (Wildman–Crippen MR) is 108 cm³/mol. The largest absolute Gasteiger partial charge is 0.338 e. The van der Waals surface area contributed by atoms with E-state index >= 15 is 0 Å². The van der Waals surface area contributed by atoms with Gasteiger partial charge in [0.2, 0.25) is 5.91 Å². The van der Waals surface area contributed by atoms with E-state index in [2.05, 4.69) is 16.4 Å². The van der Waals surface area contributed by atoms with Crippen LogP contribution < -0.4 is 5.32 Å². The normalized spacial score (nSPS) is 14.0. The van der Waals surface area contributed by atoms with Crippen molar-refractivity contribution in [3.63, 3.8) is 0 Å². The molecule has 1 aromatic heterocycles. The fourth-order valence-electron chi connectivity index (χ4n) is 3.35. The van der Waals surface area contributed by atoms with Crippen LogP contribution in [0.2, 0.25) is 0 Å². The Morgan fingerprint density at radius 3 is 2.48 bits per heavy atom. The van der Waals surface area contributed by atoms with Crippen molar-refractivity contribution in [1.82, 2.24) is 9.88 Å². The molecule has 1 aliphatic rings. The van der Waals surface area contributed by atoms with Crippen LogP contribution in [0, 0.1) is 13.8 Å². The third-order valence-corrected chi connectivity index (χ3v) is 4.73. The minimum absolute atomic E-state index is 0.0506. The number of piperidine rings is 1. The molecule has 1 aromatic carbocycles. The number of carbonyl (C=O) groups excluding carboxylic acids is 2. The average Bonchev–Trinajstić information content (AvgIpc) is 2.61. The lowest BCUT2D eigenvalue weighted by molar-refractivity contribution is -0.114. The molecule has 0 radical (unpaired) electrons. The molecule has 2 aromatic rings. The predicted octanol–water partition coefficient (Wildman–Crippen LogP) is 3.98. The summed E-state index contributed by atoms with van der Waals surface area (Å²) in [5.74, 6) is -0.0680. The number of carbonyl (C=O) groups is 2. The molecule has 5 heteroatoms. The number of hydrogen-bond acceptors (Lipinski definition) is 3. The Morgan fingerprint density at radius 1 is 1.11 bits per heavy atom. The second kappa shape index (κ2) is 8.16. The number of amides is 2. The van der Waals surface area contributed by atoms with Crippen molar-refractivity contribution < 1.29 is 9.59 Å². The van der Waals surface area contributed by atoms with Crippen molar-refractivity contribution in [3.05, 3.63) is 64.5 Å². The van der Waals surface area contributed by atoms with E-state index in [9.17, 15) is 9.59 Å². The summed E-state index contributed by atoms with van der Waals surface area (Å²) in [5.41, 5.74) is 5.60. The Morgan fingerprint density at radius 2 is 1.85 bits per heavy atom. The summed E-state index contributed by atoms with van der Waals surface area (Å²) >= 11 is 0. The van der Waals surface area contributed by atoms with E-state index in [-0.39, 0.29) is 11.8 Å². The molecular formula is C22H25N3O2. The van der Waals surface area contributed by atoms with Crippen molar-refractivity contribution in [2.75, 3.05) is 18.4 Å². The fraction of sp³-hybridized carbons (Fsp3) is 0.318. The molecule has 2 heterocycles. The van der Waals surface area contributed by atoms with Crippen molar-refractivity contribution >= 4 is 23.6 Å². The molecule has 1 saturated heterocycles. The van der Waals surface area contributed by atoms with Gasteiger partial charge in [-0.25, -0.2) is 0 Å². The van der Waals surface area contributed by atoms with Gasteiger partial charge in [-0.05, 0) is 68.7 Å². The van der Waals surface area contributed by atoms with Crippen LogP contribution in [0.1, 0.15) is 47.1 Å². The first-order chi connectivity index (χ1) is 12.9. The summed E-state index contributed by atoms with van der Waals surface area (Å²) in [6, 6.07) is 11.4. The van der Waals surface area contributed by atoms with E-state index in [1.165, 1.54) is 12.5 Å². The number of rotatable bonds is 3. The molecule has 5 nitrogen and oxygen atoms in total. The molecule has 27 heavy (non-hydrogen) atoms. The highest BCUT2D eigenvalue weighted by atomic mass is 16.2. The van der Waals surface area contributed by atoms with Crippen LogP contribution in [0.25, 0.3) is 6.08 Å². The maximum absolute atomic E-state index is 12.9. The highest BCUT2D eigenvalue weighted by molar-refractivity contribution is 5.97. The maximum Gasteiger partial charge on any atom is 0.254 e. The number of benzene rings is 1. The topological polar surface area (TPSA) is 62.3 Å². The minimum atomic E-state index is -0.119. The van der Waals surface area contributed by atoms with Crippen molar-refractivity contribution in [2.45, 2.75) is 33.6 Å². The number of pyridine rings is 1. The third kappa shape index (κ3) is 4.82. The Labute approximate surface area is 160 Å². The van der Waals surface area contributed by atoms with Crippen LogP contribution in [0.4, 0.5) is 5.69 Å². The van der Waals surface area contributed by atoms with Gasteiger partial charge in [0.15, 0.2) is 0 Å². The average molecular weight is 363 g/mol. The van der Waals surface area contributed by atoms with Crippen molar-refractivity contribution in [1.29, 1.82) is 0 Å². The van der Waals surface area contributed by atoms with Gasteiger partial charge in [-0.15, -0.1) is 0 Å². The van der Waals surface area contributed by atoms with Gasteiger partial charge in [-0.3, -0.25) is 14.6 Å². The first kappa shape index (κ1) is 18.8. The van der Waals surface area contributed by atoms with Gasteiger partial charge in [-0.1, -0.05) is 11.6 Å². The molecule has 0 atom stereocenters. The quantitative estimate of drug-likeness (QED) is 0.897. The smallest absolute Gasteiger partial charge is 0.254 e. The summed E-state index contributed by atoms with van der Waals surface area (Å²) in [7, 11) is 0. The van der Waals surface area contributed by atoms with Crippen LogP contribution in [0.15, 0.2) is 42.0 Å². The van der Waals surface area contributed by atoms with Crippen LogP contribution >= 0.6 is 0 Å². The zero-order valence-electron chi connectivity index (χ0n) is 16.1. The first-order valence-corrected chi connectivity index (χ1v) is 9.23. The summed E-state index contributed by atoms with van der Waals surface area (Å²) in [6.07, 6.45) is 3.87. The van der Waals surface area contributed by atoms with Crippen LogP contribution in [-0.4, -0.2) is 34.8 Å². The number of nitrogens with zero attached hydrogens (tertiary/aromatic N) is 2. The monoisotopic (exact) mass is 363 g/mol. The van der Waals surface area contributed by atoms with Gasteiger partial charge < -0.3 is 10.2 Å². The zero-order valence-corrected chi connectivity index (χ0v) is 16.1. The second-order valence-electron chi connectivity index (χ2n) is 7.01. The summed E-state index contributed by atoms with van der Waals surface area (Å²) in [4.78, 5) is 30.5. The van der Waals surface area contributed by atoms with Crippen LogP contribution in [-0.2, 0) is 4.79 Å². The lowest BCUT2D eigenvalue weighted by atomic mass is 10.0.